The van der Waals surface area contributed by atoms with Gasteiger partial charge in [0, 0.05) is 11.3 Å². The molecule has 0 aliphatic heterocycles. The van der Waals surface area contributed by atoms with Gasteiger partial charge in [-0.25, -0.2) is 4.79 Å². The number of esters is 1. The number of carbonyl (C=O) groups excluding carboxylic acids is 2. The fourth-order valence-electron chi connectivity index (χ4n) is 2.90. The largest absolute Gasteiger partial charge is 0.454 e. The van der Waals surface area contributed by atoms with E-state index in [1.165, 1.54) is 0 Å². The molecule has 0 aliphatic carbocycles. The first-order valence-corrected chi connectivity index (χ1v) is 9.36. The topological polar surface area (TPSA) is 99.0 Å². The van der Waals surface area contributed by atoms with Crippen LogP contribution in [-0.2, 0) is 20.9 Å². The van der Waals surface area contributed by atoms with Crippen LogP contribution in [0.15, 0.2) is 66.7 Å². The number of ether oxygens (including phenoxy) is 1. The smallest absolute Gasteiger partial charge is 0.330 e. The average molecular weight is 401 g/mol. The molecule has 1 aromatic heterocycles. The summed E-state index contributed by atoms with van der Waals surface area (Å²) in [6, 6.07) is 21.1. The molecule has 1 heterocycles. The van der Waals surface area contributed by atoms with E-state index in [2.05, 4.69) is 20.7 Å². The van der Waals surface area contributed by atoms with Crippen LogP contribution in [0.2, 0.25) is 0 Å². The zero-order valence-electron chi connectivity index (χ0n) is 16.3. The lowest BCUT2D eigenvalue weighted by Gasteiger charge is -2.07. The van der Waals surface area contributed by atoms with Gasteiger partial charge in [0.25, 0.3) is 5.91 Å². The lowest BCUT2D eigenvalue weighted by Crippen LogP contribution is -2.23. The number of amides is 1. The number of rotatable bonds is 6. The van der Waals surface area contributed by atoms with Gasteiger partial charge in [0.1, 0.15) is 0 Å². The Morgan fingerprint density at radius 1 is 1.00 bits per heavy atom. The number of fused-ring (bicyclic) bond motifs is 1. The number of nitrogens with one attached hydrogen (secondary N) is 1. The highest BCUT2D eigenvalue weighted by molar-refractivity contribution is 5.95. The molecule has 0 unspecified atom stereocenters. The minimum absolute atomic E-state index is 0.234. The predicted molar refractivity (Wildman–Crippen MR) is 112 cm³/mol. The minimum atomic E-state index is -0.628. The summed E-state index contributed by atoms with van der Waals surface area (Å²) in [4.78, 5) is 25.2. The first-order chi connectivity index (χ1) is 14.6. The highest BCUT2D eigenvalue weighted by atomic mass is 16.5. The number of hydrogen-bond donors (Lipinski definition) is 1. The van der Waals surface area contributed by atoms with Gasteiger partial charge >= 0.3 is 5.97 Å². The molecule has 0 aliphatic rings. The summed E-state index contributed by atoms with van der Waals surface area (Å²) in [7, 11) is 0. The second-order valence-corrected chi connectivity index (χ2v) is 6.78. The lowest BCUT2D eigenvalue weighted by atomic mass is 10.1. The molecule has 0 radical (unpaired) electrons. The molecule has 3 aromatic carbocycles. The van der Waals surface area contributed by atoms with Crippen molar-refractivity contribution in [1.82, 2.24) is 20.2 Å². The molecule has 0 fully saturated rings. The van der Waals surface area contributed by atoms with Gasteiger partial charge in [-0.3, -0.25) is 4.79 Å². The van der Waals surface area contributed by atoms with E-state index in [1.54, 1.807) is 6.07 Å². The molecular weight excluding hydrogens is 382 g/mol. The normalized spacial score (nSPS) is 10.7. The van der Waals surface area contributed by atoms with E-state index in [9.17, 15) is 9.59 Å². The van der Waals surface area contributed by atoms with Crippen LogP contribution in [0, 0.1) is 6.92 Å². The van der Waals surface area contributed by atoms with Crippen molar-refractivity contribution in [3.8, 4) is 11.4 Å². The number of benzene rings is 3. The van der Waals surface area contributed by atoms with Crippen LogP contribution in [0.4, 0.5) is 5.69 Å². The van der Waals surface area contributed by atoms with Crippen LogP contribution in [0.3, 0.4) is 0 Å². The molecule has 0 spiro atoms. The summed E-state index contributed by atoms with van der Waals surface area (Å²) in [5.74, 6) is -0.640. The highest BCUT2D eigenvalue weighted by Gasteiger charge is 2.12. The molecular formula is C22H19N5O3. The van der Waals surface area contributed by atoms with Gasteiger partial charge in [-0.05, 0) is 35.0 Å². The quantitative estimate of drug-likeness (QED) is 0.499. The van der Waals surface area contributed by atoms with Crippen molar-refractivity contribution in [2.45, 2.75) is 13.5 Å². The SMILES string of the molecule is Cc1ccc(-c2nnn(CC(=O)OCC(=O)Nc3ccc4ccccc4c3)n2)cc1. The van der Waals surface area contributed by atoms with Crippen molar-refractivity contribution in [2.75, 3.05) is 11.9 Å². The van der Waals surface area contributed by atoms with Gasteiger partial charge in [0.05, 0.1) is 0 Å². The Morgan fingerprint density at radius 2 is 1.77 bits per heavy atom. The van der Waals surface area contributed by atoms with Crippen molar-refractivity contribution in [1.29, 1.82) is 0 Å². The van der Waals surface area contributed by atoms with E-state index < -0.39 is 18.5 Å². The third-order valence-electron chi connectivity index (χ3n) is 4.43. The zero-order chi connectivity index (χ0) is 20.9. The fraction of sp³-hybridized carbons (Fsp3) is 0.136. The number of anilines is 1. The number of hydrogen-bond acceptors (Lipinski definition) is 6. The number of carbonyl (C=O) groups is 2. The van der Waals surface area contributed by atoms with Gasteiger partial charge < -0.3 is 10.1 Å². The summed E-state index contributed by atoms with van der Waals surface area (Å²) in [6.07, 6.45) is 0. The molecule has 0 bridgehead atoms. The molecule has 8 heteroatoms. The van der Waals surface area contributed by atoms with Crippen molar-refractivity contribution in [3.05, 3.63) is 72.3 Å². The van der Waals surface area contributed by atoms with Crippen LogP contribution < -0.4 is 5.32 Å². The lowest BCUT2D eigenvalue weighted by molar-refractivity contribution is -0.148. The summed E-state index contributed by atoms with van der Waals surface area (Å²) >= 11 is 0. The van der Waals surface area contributed by atoms with Crippen LogP contribution in [0.1, 0.15) is 5.56 Å². The standard InChI is InChI=1S/C22H19N5O3/c1-15-6-8-17(9-7-15)22-24-26-27(25-22)13-21(29)30-14-20(28)23-19-11-10-16-4-2-3-5-18(16)12-19/h2-12H,13-14H2,1H3,(H,23,28). The summed E-state index contributed by atoms with van der Waals surface area (Å²) < 4.78 is 5.02. The van der Waals surface area contributed by atoms with Crippen LogP contribution >= 0.6 is 0 Å². The highest BCUT2D eigenvalue weighted by Crippen LogP contribution is 2.18. The Morgan fingerprint density at radius 3 is 2.57 bits per heavy atom. The Kier molecular flexibility index (Phi) is 5.47. The Labute approximate surface area is 172 Å². The van der Waals surface area contributed by atoms with Gasteiger partial charge in [-0.2, -0.15) is 4.80 Å². The number of nitrogens with zero attached hydrogens (tertiary/aromatic N) is 4. The molecule has 0 saturated carbocycles. The Balaban J connectivity index is 1.29. The second-order valence-electron chi connectivity index (χ2n) is 6.78. The molecule has 0 saturated heterocycles. The molecule has 0 atom stereocenters. The van der Waals surface area contributed by atoms with Gasteiger partial charge in [-0.15, -0.1) is 10.2 Å². The maximum absolute atomic E-state index is 12.1. The second kappa shape index (κ2) is 8.52. The monoisotopic (exact) mass is 401 g/mol. The van der Waals surface area contributed by atoms with Crippen LogP contribution in [0.5, 0.6) is 0 Å². The predicted octanol–water partition coefficient (Wildman–Crippen LogP) is 2.98. The van der Waals surface area contributed by atoms with Crippen molar-refractivity contribution < 1.29 is 14.3 Å². The fourth-order valence-corrected chi connectivity index (χ4v) is 2.90. The molecule has 4 rings (SSSR count). The van der Waals surface area contributed by atoms with Gasteiger partial charge in [-0.1, -0.05) is 60.2 Å². The molecule has 30 heavy (non-hydrogen) atoms. The van der Waals surface area contributed by atoms with Crippen molar-refractivity contribution >= 4 is 28.3 Å². The number of aryl methyl sites for hydroxylation is 1. The zero-order valence-corrected chi connectivity index (χ0v) is 16.3. The maximum Gasteiger partial charge on any atom is 0.330 e. The molecule has 8 nitrogen and oxygen atoms in total. The van der Waals surface area contributed by atoms with E-state index in [1.807, 2.05) is 67.6 Å². The number of tetrazole rings is 1. The number of aromatic nitrogens is 4. The van der Waals surface area contributed by atoms with Crippen LogP contribution in [0.25, 0.3) is 22.2 Å². The summed E-state index contributed by atoms with van der Waals surface area (Å²) in [6.45, 7) is 1.35. The van der Waals surface area contributed by atoms with Gasteiger partial charge in [0.15, 0.2) is 13.2 Å². The first-order valence-electron chi connectivity index (χ1n) is 9.36. The molecule has 1 N–H and O–H groups in total. The maximum atomic E-state index is 12.1. The molecule has 150 valence electrons. The molecule has 4 aromatic rings. The van der Waals surface area contributed by atoms with E-state index >= 15 is 0 Å². The van der Waals surface area contributed by atoms with Crippen molar-refractivity contribution in [3.63, 3.8) is 0 Å². The summed E-state index contributed by atoms with van der Waals surface area (Å²) in [5.41, 5.74) is 2.56. The third-order valence-corrected chi connectivity index (χ3v) is 4.43. The first kappa shape index (κ1) is 19.3. The van der Waals surface area contributed by atoms with E-state index in [0.717, 1.165) is 26.7 Å². The Hall–Kier alpha value is -4.07. The van der Waals surface area contributed by atoms with E-state index in [0.29, 0.717) is 11.5 Å². The average Bonchev–Trinajstić information content (AvgIpc) is 3.21. The van der Waals surface area contributed by atoms with Crippen LogP contribution in [-0.4, -0.2) is 38.7 Å². The van der Waals surface area contributed by atoms with E-state index in [-0.39, 0.29) is 6.54 Å². The third kappa shape index (κ3) is 4.67. The van der Waals surface area contributed by atoms with Gasteiger partial charge in [0.2, 0.25) is 5.82 Å². The van der Waals surface area contributed by atoms with E-state index in [4.69, 9.17) is 4.74 Å². The Bertz CT molecular complexity index is 1200. The summed E-state index contributed by atoms with van der Waals surface area (Å²) in [5, 5.41) is 16.8. The molecule has 1 amide bonds. The van der Waals surface area contributed by atoms with Crippen molar-refractivity contribution in [2.24, 2.45) is 0 Å². The minimum Gasteiger partial charge on any atom is -0.454 e.